The van der Waals surface area contributed by atoms with E-state index < -0.39 is 0 Å². The lowest BCUT2D eigenvalue weighted by molar-refractivity contribution is 0.120. The summed E-state index contributed by atoms with van der Waals surface area (Å²) in [4.78, 5) is 4.17. The third-order valence-corrected chi connectivity index (χ3v) is 5.22. The highest BCUT2D eigenvalue weighted by Crippen LogP contribution is 2.17. The molecule has 1 fully saturated rings. The van der Waals surface area contributed by atoms with Crippen molar-refractivity contribution in [1.82, 2.24) is 10.2 Å². The Morgan fingerprint density at radius 1 is 1.56 bits per heavy atom. The van der Waals surface area contributed by atoms with Crippen molar-refractivity contribution in [1.29, 1.82) is 0 Å². The molecular formula is C15H26N2S. The van der Waals surface area contributed by atoms with Crippen LogP contribution in [-0.4, -0.2) is 36.6 Å². The van der Waals surface area contributed by atoms with Gasteiger partial charge in [-0.25, -0.2) is 0 Å². The maximum atomic E-state index is 3.70. The van der Waals surface area contributed by atoms with Crippen molar-refractivity contribution in [3.05, 3.63) is 22.4 Å². The molecule has 102 valence electrons. The zero-order chi connectivity index (χ0) is 13.0. The third-order valence-electron chi connectivity index (χ3n) is 4.29. The molecule has 1 aliphatic rings. The van der Waals surface area contributed by atoms with E-state index in [1.807, 2.05) is 11.3 Å². The van der Waals surface area contributed by atoms with Crippen LogP contribution < -0.4 is 5.32 Å². The Bertz CT molecular complexity index is 336. The van der Waals surface area contributed by atoms with Gasteiger partial charge in [-0.15, -0.1) is 11.3 Å². The highest BCUT2D eigenvalue weighted by atomic mass is 32.1. The minimum Gasteiger partial charge on any atom is -0.311 e. The Labute approximate surface area is 115 Å². The average Bonchev–Trinajstić information content (AvgIpc) is 2.90. The maximum Gasteiger partial charge on any atom is 0.0221 e. The van der Waals surface area contributed by atoms with Crippen molar-refractivity contribution in [3.8, 4) is 0 Å². The van der Waals surface area contributed by atoms with Crippen molar-refractivity contribution in [3.63, 3.8) is 0 Å². The van der Waals surface area contributed by atoms with Crippen LogP contribution >= 0.6 is 11.3 Å². The summed E-state index contributed by atoms with van der Waals surface area (Å²) in [5.74, 6) is 0.779. The molecule has 2 heterocycles. The first kappa shape index (κ1) is 14.0. The standard InChI is InChI=1S/C15H26N2S/c1-4-12(2)15-11-17(13(3)10-16-15)8-7-14-6-5-9-18-14/h5-6,9,12-13,15-16H,4,7-8,10-11H2,1-3H3. The predicted molar refractivity (Wildman–Crippen MR) is 80.3 cm³/mol. The molecule has 0 spiro atoms. The lowest BCUT2D eigenvalue weighted by Crippen LogP contribution is -2.57. The van der Waals surface area contributed by atoms with Gasteiger partial charge in [-0.2, -0.15) is 0 Å². The van der Waals surface area contributed by atoms with Crippen molar-refractivity contribution >= 4 is 11.3 Å². The summed E-state index contributed by atoms with van der Waals surface area (Å²) >= 11 is 1.88. The van der Waals surface area contributed by atoms with Crippen LogP contribution in [0.15, 0.2) is 17.5 Å². The highest BCUT2D eigenvalue weighted by molar-refractivity contribution is 7.09. The van der Waals surface area contributed by atoms with Crippen LogP contribution in [0.2, 0.25) is 0 Å². The quantitative estimate of drug-likeness (QED) is 0.881. The van der Waals surface area contributed by atoms with E-state index in [9.17, 15) is 0 Å². The molecule has 0 bridgehead atoms. The van der Waals surface area contributed by atoms with Gasteiger partial charge in [0.15, 0.2) is 0 Å². The van der Waals surface area contributed by atoms with Gasteiger partial charge in [-0.3, -0.25) is 4.90 Å². The van der Waals surface area contributed by atoms with Crippen molar-refractivity contribution in [2.75, 3.05) is 19.6 Å². The Morgan fingerprint density at radius 3 is 3.06 bits per heavy atom. The fourth-order valence-corrected chi connectivity index (χ4v) is 3.33. The van der Waals surface area contributed by atoms with Crippen molar-refractivity contribution < 1.29 is 0 Å². The second-order valence-corrected chi connectivity index (χ2v) is 6.61. The topological polar surface area (TPSA) is 15.3 Å². The number of piperazine rings is 1. The number of nitrogens with zero attached hydrogens (tertiary/aromatic N) is 1. The molecule has 18 heavy (non-hydrogen) atoms. The van der Waals surface area contributed by atoms with Crippen LogP contribution in [-0.2, 0) is 6.42 Å². The molecule has 1 saturated heterocycles. The van der Waals surface area contributed by atoms with E-state index in [0.717, 1.165) is 12.5 Å². The molecule has 3 atom stereocenters. The van der Waals surface area contributed by atoms with Crippen LogP contribution in [0.3, 0.4) is 0 Å². The molecule has 1 aromatic heterocycles. The Balaban J connectivity index is 1.85. The average molecular weight is 266 g/mol. The second-order valence-electron chi connectivity index (χ2n) is 5.57. The maximum absolute atomic E-state index is 3.70. The highest BCUT2D eigenvalue weighted by Gasteiger charge is 2.27. The molecule has 0 aromatic carbocycles. The minimum atomic E-state index is 0.672. The summed E-state index contributed by atoms with van der Waals surface area (Å²) in [7, 11) is 0. The largest absolute Gasteiger partial charge is 0.311 e. The first-order valence-electron chi connectivity index (χ1n) is 7.20. The summed E-state index contributed by atoms with van der Waals surface area (Å²) in [6, 6.07) is 5.76. The summed E-state index contributed by atoms with van der Waals surface area (Å²) in [5.41, 5.74) is 0. The SMILES string of the molecule is CCC(C)C1CN(CCc2cccs2)C(C)CN1. The molecule has 0 aliphatic carbocycles. The molecule has 0 amide bonds. The molecule has 1 aromatic rings. The van der Waals surface area contributed by atoms with Gasteiger partial charge in [0.2, 0.25) is 0 Å². The number of hydrogen-bond acceptors (Lipinski definition) is 3. The summed E-state index contributed by atoms with van der Waals surface area (Å²) in [6.07, 6.45) is 2.47. The minimum absolute atomic E-state index is 0.672. The van der Waals surface area contributed by atoms with Gasteiger partial charge in [0.25, 0.3) is 0 Å². The van der Waals surface area contributed by atoms with Gasteiger partial charge in [-0.1, -0.05) is 26.3 Å². The van der Waals surface area contributed by atoms with E-state index in [2.05, 4.69) is 48.5 Å². The number of nitrogens with one attached hydrogen (secondary N) is 1. The molecule has 2 rings (SSSR count). The molecule has 1 aliphatic heterocycles. The van der Waals surface area contributed by atoms with E-state index in [1.165, 1.54) is 30.8 Å². The van der Waals surface area contributed by atoms with Gasteiger partial charge in [0.1, 0.15) is 0 Å². The summed E-state index contributed by atoms with van der Waals surface area (Å²) in [5, 5.41) is 5.88. The van der Waals surface area contributed by atoms with Gasteiger partial charge in [0, 0.05) is 36.6 Å². The van der Waals surface area contributed by atoms with Crippen LogP contribution in [0.1, 0.15) is 32.1 Å². The van der Waals surface area contributed by atoms with Gasteiger partial charge < -0.3 is 5.32 Å². The number of rotatable bonds is 5. The van der Waals surface area contributed by atoms with Crippen molar-refractivity contribution in [2.24, 2.45) is 5.92 Å². The monoisotopic (exact) mass is 266 g/mol. The molecule has 0 radical (unpaired) electrons. The van der Waals surface area contributed by atoms with Crippen LogP contribution in [0.25, 0.3) is 0 Å². The first-order chi connectivity index (χ1) is 8.70. The van der Waals surface area contributed by atoms with E-state index >= 15 is 0 Å². The molecule has 1 N–H and O–H groups in total. The Hall–Kier alpha value is -0.380. The van der Waals surface area contributed by atoms with Gasteiger partial charge in [0.05, 0.1) is 0 Å². The van der Waals surface area contributed by atoms with Crippen LogP contribution in [0.5, 0.6) is 0 Å². The Kier molecular flexibility index (Phi) is 5.22. The van der Waals surface area contributed by atoms with E-state index in [0.29, 0.717) is 12.1 Å². The zero-order valence-electron chi connectivity index (χ0n) is 11.9. The second kappa shape index (κ2) is 6.69. The third kappa shape index (κ3) is 3.56. The van der Waals surface area contributed by atoms with E-state index in [4.69, 9.17) is 0 Å². The zero-order valence-corrected chi connectivity index (χ0v) is 12.7. The Morgan fingerprint density at radius 2 is 2.39 bits per heavy atom. The van der Waals surface area contributed by atoms with Gasteiger partial charge >= 0.3 is 0 Å². The number of thiophene rings is 1. The fraction of sp³-hybridized carbons (Fsp3) is 0.733. The number of hydrogen-bond donors (Lipinski definition) is 1. The molecule has 3 heteroatoms. The van der Waals surface area contributed by atoms with Crippen molar-refractivity contribution in [2.45, 2.75) is 45.7 Å². The van der Waals surface area contributed by atoms with Gasteiger partial charge in [-0.05, 0) is 30.7 Å². The summed E-state index contributed by atoms with van der Waals surface area (Å²) < 4.78 is 0. The predicted octanol–water partition coefficient (Wildman–Crippen LogP) is 3.00. The smallest absolute Gasteiger partial charge is 0.0221 e. The van der Waals surface area contributed by atoms with Crippen LogP contribution in [0, 0.1) is 5.92 Å². The first-order valence-corrected chi connectivity index (χ1v) is 8.08. The lowest BCUT2D eigenvalue weighted by Gasteiger charge is -2.41. The van der Waals surface area contributed by atoms with E-state index in [1.54, 1.807) is 0 Å². The van der Waals surface area contributed by atoms with Crippen LogP contribution in [0.4, 0.5) is 0 Å². The summed E-state index contributed by atoms with van der Waals surface area (Å²) in [6.45, 7) is 10.6. The molecule has 0 saturated carbocycles. The lowest BCUT2D eigenvalue weighted by atomic mass is 9.95. The normalized spacial score (nSPS) is 27.3. The fourth-order valence-electron chi connectivity index (χ4n) is 2.63. The molecule has 2 nitrogen and oxygen atoms in total. The molecule has 3 unspecified atom stereocenters. The molecular weight excluding hydrogens is 240 g/mol. The van der Waals surface area contributed by atoms with E-state index in [-0.39, 0.29) is 0 Å².